The maximum Gasteiger partial charge on any atom is 0.416 e. The Balaban J connectivity index is 2.18. The molecule has 8 heteroatoms. The molecular formula is C19H16ClF3N2O2. The summed E-state index contributed by atoms with van der Waals surface area (Å²) in [6.07, 6.45) is -3.16. The molecule has 142 valence electrons. The van der Waals surface area contributed by atoms with Gasteiger partial charge in [0.05, 0.1) is 16.9 Å². The van der Waals surface area contributed by atoms with E-state index in [-0.39, 0.29) is 5.91 Å². The first-order chi connectivity index (χ1) is 12.6. The van der Waals surface area contributed by atoms with Crippen LogP contribution < -0.4 is 10.6 Å². The van der Waals surface area contributed by atoms with Crippen molar-refractivity contribution in [3.8, 4) is 0 Å². The summed E-state index contributed by atoms with van der Waals surface area (Å²) in [5.41, 5.74) is 0.886. The maximum absolute atomic E-state index is 12.6. The summed E-state index contributed by atoms with van der Waals surface area (Å²) in [7, 11) is 0. The van der Waals surface area contributed by atoms with E-state index in [1.54, 1.807) is 13.0 Å². The summed E-state index contributed by atoms with van der Waals surface area (Å²) in [5.74, 6) is -0.828. The second-order valence-electron chi connectivity index (χ2n) is 5.76. The molecule has 0 radical (unpaired) electrons. The van der Waals surface area contributed by atoms with Crippen LogP contribution in [0.5, 0.6) is 0 Å². The van der Waals surface area contributed by atoms with E-state index in [0.29, 0.717) is 27.5 Å². The largest absolute Gasteiger partial charge is 0.416 e. The molecule has 0 aliphatic carbocycles. The van der Waals surface area contributed by atoms with Crippen molar-refractivity contribution < 1.29 is 22.8 Å². The first-order valence-electron chi connectivity index (χ1n) is 7.80. The molecule has 0 aliphatic heterocycles. The highest BCUT2D eigenvalue weighted by atomic mass is 35.5. The molecule has 2 aromatic rings. The predicted octanol–water partition coefficient (Wildman–Crippen LogP) is 5.36. The lowest BCUT2D eigenvalue weighted by molar-refractivity contribution is -0.137. The van der Waals surface area contributed by atoms with E-state index in [1.165, 1.54) is 37.3 Å². The van der Waals surface area contributed by atoms with Gasteiger partial charge in [-0.15, -0.1) is 0 Å². The number of halogens is 4. The van der Waals surface area contributed by atoms with Crippen molar-refractivity contribution >= 4 is 40.4 Å². The Morgan fingerprint density at radius 1 is 0.963 bits per heavy atom. The monoisotopic (exact) mass is 396 g/mol. The average Bonchev–Trinajstić information content (AvgIpc) is 2.56. The number of alkyl halides is 3. The summed E-state index contributed by atoms with van der Waals surface area (Å²) in [4.78, 5) is 23.5. The van der Waals surface area contributed by atoms with Crippen LogP contribution in [-0.4, -0.2) is 11.8 Å². The lowest BCUT2D eigenvalue weighted by atomic mass is 10.0. The Kier molecular flexibility index (Phi) is 6.28. The van der Waals surface area contributed by atoms with Gasteiger partial charge in [-0.3, -0.25) is 9.59 Å². The maximum atomic E-state index is 12.6. The minimum Gasteiger partial charge on any atom is -0.324 e. The van der Waals surface area contributed by atoms with Gasteiger partial charge in [-0.1, -0.05) is 23.7 Å². The van der Waals surface area contributed by atoms with E-state index < -0.39 is 17.6 Å². The summed E-state index contributed by atoms with van der Waals surface area (Å²) < 4.78 is 37.8. The van der Waals surface area contributed by atoms with Crippen LogP contribution in [0.1, 0.15) is 25.0 Å². The van der Waals surface area contributed by atoms with Gasteiger partial charge in [0, 0.05) is 18.0 Å². The normalized spacial score (nSPS) is 11.9. The zero-order chi connectivity index (χ0) is 20.2. The van der Waals surface area contributed by atoms with E-state index in [4.69, 9.17) is 11.6 Å². The minimum absolute atomic E-state index is 0.329. The van der Waals surface area contributed by atoms with Crippen molar-refractivity contribution in [1.29, 1.82) is 0 Å². The van der Waals surface area contributed by atoms with Crippen molar-refractivity contribution in [2.45, 2.75) is 20.0 Å². The number of carbonyl (C=O) groups is 2. The van der Waals surface area contributed by atoms with Crippen LogP contribution in [0.15, 0.2) is 48.5 Å². The molecule has 0 fully saturated rings. The number of allylic oxidation sites excluding steroid dienone is 1. The molecule has 0 spiro atoms. The Bertz CT molecular complexity index is 891. The van der Waals surface area contributed by atoms with Crippen LogP contribution in [-0.2, 0) is 15.8 Å². The van der Waals surface area contributed by atoms with E-state index >= 15 is 0 Å². The van der Waals surface area contributed by atoms with Gasteiger partial charge in [0.2, 0.25) is 11.8 Å². The van der Waals surface area contributed by atoms with E-state index in [9.17, 15) is 22.8 Å². The molecule has 0 atom stereocenters. The van der Waals surface area contributed by atoms with Gasteiger partial charge < -0.3 is 10.6 Å². The topological polar surface area (TPSA) is 58.2 Å². The zero-order valence-corrected chi connectivity index (χ0v) is 15.2. The first kappa shape index (κ1) is 20.5. The van der Waals surface area contributed by atoms with Crippen molar-refractivity contribution in [3.63, 3.8) is 0 Å². The van der Waals surface area contributed by atoms with Gasteiger partial charge in [-0.2, -0.15) is 13.2 Å². The number of hydrogen-bond donors (Lipinski definition) is 2. The number of benzene rings is 2. The summed E-state index contributed by atoms with van der Waals surface area (Å²) in [6.45, 7) is 2.93. The SMILES string of the molecule is CC(=O)Nc1cc(Cl)ccc1NC(=O)/C=C(/C)c1ccc(C(F)(F)F)cc1. The fourth-order valence-electron chi connectivity index (χ4n) is 2.29. The van der Waals surface area contributed by atoms with Gasteiger partial charge in [-0.25, -0.2) is 0 Å². The molecule has 0 bridgehead atoms. The lowest BCUT2D eigenvalue weighted by Gasteiger charge is -2.11. The number of anilines is 2. The molecule has 2 N–H and O–H groups in total. The van der Waals surface area contributed by atoms with Crippen LogP contribution in [0.3, 0.4) is 0 Å². The standard InChI is InChI=1S/C19H16ClF3N2O2/c1-11(13-3-5-14(6-4-13)19(21,22)23)9-18(27)25-16-8-7-15(20)10-17(16)24-12(2)26/h3-10H,1-2H3,(H,24,26)(H,25,27)/b11-9-. The van der Waals surface area contributed by atoms with Crippen LogP contribution >= 0.6 is 11.6 Å². The second-order valence-corrected chi connectivity index (χ2v) is 6.20. The number of rotatable bonds is 4. The van der Waals surface area contributed by atoms with Crippen molar-refractivity contribution in [1.82, 2.24) is 0 Å². The van der Waals surface area contributed by atoms with Gasteiger partial charge >= 0.3 is 6.18 Å². The molecule has 2 aromatic carbocycles. The van der Waals surface area contributed by atoms with Crippen molar-refractivity contribution in [3.05, 3.63) is 64.7 Å². The van der Waals surface area contributed by atoms with Crippen LogP contribution in [0.25, 0.3) is 5.57 Å². The van der Waals surface area contributed by atoms with E-state index in [2.05, 4.69) is 10.6 Å². The Morgan fingerprint density at radius 3 is 2.15 bits per heavy atom. The number of hydrogen-bond acceptors (Lipinski definition) is 2. The third kappa shape index (κ3) is 5.86. The molecule has 27 heavy (non-hydrogen) atoms. The van der Waals surface area contributed by atoms with Gasteiger partial charge in [-0.05, 0) is 48.4 Å². The second kappa shape index (κ2) is 8.26. The summed E-state index contributed by atoms with van der Waals surface area (Å²) in [6, 6.07) is 9.09. The van der Waals surface area contributed by atoms with Crippen molar-refractivity contribution in [2.24, 2.45) is 0 Å². The number of nitrogens with one attached hydrogen (secondary N) is 2. The van der Waals surface area contributed by atoms with Crippen LogP contribution in [0.2, 0.25) is 5.02 Å². The molecule has 0 aliphatic rings. The fourth-order valence-corrected chi connectivity index (χ4v) is 2.46. The Morgan fingerprint density at radius 2 is 1.59 bits per heavy atom. The third-order valence-corrected chi connectivity index (χ3v) is 3.80. The van der Waals surface area contributed by atoms with E-state index in [1.807, 2.05) is 0 Å². The molecule has 0 saturated heterocycles. The van der Waals surface area contributed by atoms with Gasteiger partial charge in [0.15, 0.2) is 0 Å². The Labute approximate surface area is 159 Å². The Hall–Kier alpha value is -2.80. The minimum atomic E-state index is -4.41. The highest BCUT2D eigenvalue weighted by molar-refractivity contribution is 6.31. The molecule has 2 amide bonds. The average molecular weight is 397 g/mol. The van der Waals surface area contributed by atoms with Crippen LogP contribution in [0.4, 0.5) is 24.5 Å². The highest BCUT2D eigenvalue weighted by Crippen LogP contribution is 2.30. The number of carbonyl (C=O) groups excluding carboxylic acids is 2. The fraction of sp³-hybridized carbons (Fsp3) is 0.158. The van der Waals surface area contributed by atoms with Gasteiger partial charge in [0.1, 0.15) is 0 Å². The zero-order valence-electron chi connectivity index (χ0n) is 14.4. The molecule has 0 saturated carbocycles. The van der Waals surface area contributed by atoms with Crippen LogP contribution in [0, 0.1) is 0 Å². The molecule has 2 rings (SSSR count). The summed E-state index contributed by atoms with van der Waals surface area (Å²) in [5, 5.41) is 5.55. The lowest BCUT2D eigenvalue weighted by Crippen LogP contribution is -2.13. The predicted molar refractivity (Wildman–Crippen MR) is 99.5 cm³/mol. The van der Waals surface area contributed by atoms with Crippen molar-refractivity contribution in [2.75, 3.05) is 10.6 Å². The first-order valence-corrected chi connectivity index (χ1v) is 8.18. The molecule has 0 aromatic heterocycles. The smallest absolute Gasteiger partial charge is 0.324 e. The van der Waals surface area contributed by atoms with E-state index in [0.717, 1.165) is 12.1 Å². The molecule has 0 heterocycles. The summed E-state index contributed by atoms with van der Waals surface area (Å²) >= 11 is 5.89. The highest BCUT2D eigenvalue weighted by Gasteiger charge is 2.29. The quantitative estimate of drug-likeness (QED) is 0.683. The molecule has 0 unspecified atom stereocenters. The number of amides is 2. The molecule has 4 nitrogen and oxygen atoms in total. The van der Waals surface area contributed by atoms with Gasteiger partial charge in [0.25, 0.3) is 0 Å². The third-order valence-electron chi connectivity index (χ3n) is 3.57. The molecular weight excluding hydrogens is 381 g/mol.